The smallest absolute Gasteiger partial charge is 0.299 e. The molecular weight excluding hydrogens is 424 g/mol. The Labute approximate surface area is 194 Å². The Morgan fingerprint density at radius 1 is 1.03 bits per heavy atom. The number of rotatable bonds is 4. The van der Waals surface area contributed by atoms with Gasteiger partial charge >= 0.3 is 0 Å². The van der Waals surface area contributed by atoms with E-state index in [-0.39, 0.29) is 23.1 Å². The number of hydrogen-bond acceptors (Lipinski definition) is 6. The van der Waals surface area contributed by atoms with E-state index in [0.717, 1.165) is 6.20 Å². The van der Waals surface area contributed by atoms with Crippen LogP contribution in [0.25, 0.3) is 0 Å². The fourth-order valence-corrected chi connectivity index (χ4v) is 4.95. The number of aryl methyl sites for hydroxylation is 1. The number of guanidine groups is 1. The summed E-state index contributed by atoms with van der Waals surface area (Å²) in [5.74, 6) is -3.47. The molecule has 0 bridgehead atoms. The number of aromatic nitrogens is 2. The van der Waals surface area contributed by atoms with Gasteiger partial charge < -0.3 is 5.32 Å². The van der Waals surface area contributed by atoms with E-state index in [1.54, 1.807) is 17.9 Å². The highest BCUT2D eigenvalue weighted by Gasteiger charge is 2.52. The molecule has 1 aromatic carbocycles. The van der Waals surface area contributed by atoms with Crippen molar-refractivity contribution in [2.45, 2.75) is 63.6 Å². The van der Waals surface area contributed by atoms with Gasteiger partial charge in [-0.25, -0.2) is 9.38 Å². The molecule has 178 valence electrons. The zero-order valence-electron chi connectivity index (χ0n) is 20.1. The van der Waals surface area contributed by atoms with Crippen LogP contribution >= 0.6 is 0 Å². The van der Waals surface area contributed by atoms with Crippen molar-refractivity contribution in [3.63, 3.8) is 0 Å². The van der Waals surface area contributed by atoms with Crippen LogP contribution in [0.15, 0.2) is 59.7 Å². The topological polar surface area (TPSA) is 60.7 Å². The summed E-state index contributed by atoms with van der Waals surface area (Å²) < 4.78 is 33.7. The van der Waals surface area contributed by atoms with Crippen molar-refractivity contribution in [2.24, 2.45) is 12.0 Å². The molecule has 0 saturated carbocycles. The van der Waals surface area contributed by atoms with E-state index in [1.165, 1.54) is 11.1 Å². The van der Waals surface area contributed by atoms with E-state index >= 15 is 8.78 Å². The number of likely N-dealkylation sites (tertiary alicyclic amines) is 1. The fraction of sp³-hybridized carbons (Fsp3) is 0.500. The molecule has 2 aliphatic rings. The lowest BCUT2D eigenvalue weighted by Crippen LogP contribution is -2.68. The molecule has 1 atom stereocenters. The minimum atomic E-state index is -2.63. The molecule has 3 heterocycles. The van der Waals surface area contributed by atoms with Crippen LogP contribution in [0.3, 0.4) is 0 Å². The number of benzene rings is 1. The summed E-state index contributed by atoms with van der Waals surface area (Å²) in [5.41, 5.74) is 0.709. The highest BCUT2D eigenvalue weighted by molar-refractivity contribution is 6.07. The maximum Gasteiger partial charge on any atom is 0.299 e. The Balaban J connectivity index is 1.71. The number of alkyl halides is 1. The highest BCUT2D eigenvalue weighted by Crippen LogP contribution is 2.40. The zero-order valence-corrected chi connectivity index (χ0v) is 20.1. The predicted molar refractivity (Wildman–Crippen MR) is 128 cm³/mol. The van der Waals surface area contributed by atoms with Crippen molar-refractivity contribution in [2.75, 3.05) is 17.3 Å². The third kappa shape index (κ3) is 4.39. The Bertz CT molecular complexity index is 1040. The van der Waals surface area contributed by atoms with Gasteiger partial charge in [-0.1, -0.05) is 18.2 Å². The largest absolute Gasteiger partial charge is 0.325 e. The second-order valence-corrected chi connectivity index (χ2v) is 10.2. The molecule has 0 aliphatic carbocycles. The highest BCUT2D eigenvalue weighted by atomic mass is 19.2. The minimum Gasteiger partial charge on any atom is -0.325 e. The van der Waals surface area contributed by atoms with Crippen molar-refractivity contribution < 1.29 is 8.78 Å². The van der Waals surface area contributed by atoms with Gasteiger partial charge in [0, 0.05) is 36.1 Å². The first-order valence-corrected chi connectivity index (χ1v) is 11.2. The quantitative estimate of drug-likeness (QED) is 0.667. The van der Waals surface area contributed by atoms with Crippen LogP contribution in [0.5, 0.6) is 0 Å². The summed E-state index contributed by atoms with van der Waals surface area (Å²) in [7, 11) is 3.81. The monoisotopic (exact) mass is 457 g/mol. The molecule has 2 N–H and O–H groups in total. The van der Waals surface area contributed by atoms with Gasteiger partial charge in [0.15, 0.2) is 5.83 Å². The zero-order chi connectivity index (χ0) is 24.0. The lowest BCUT2D eigenvalue weighted by Gasteiger charge is -2.55. The van der Waals surface area contributed by atoms with E-state index in [4.69, 9.17) is 0 Å². The number of para-hydroxylation sites is 1. The molecule has 4 rings (SSSR count). The number of nitrogens with zero attached hydrogens (tertiary/aromatic N) is 5. The van der Waals surface area contributed by atoms with Crippen LogP contribution in [0.1, 0.15) is 40.5 Å². The number of nitrogens with one attached hydrogen (secondary N) is 2. The summed E-state index contributed by atoms with van der Waals surface area (Å²) in [6.45, 7) is 8.51. The van der Waals surface area contributed by atoms with E-state index in [1.807, 2.05) is 30.3 Å². The van der Waals surface area contributed by atoms with Crippen LogP contribution in [0.4, 0.5) is 20.2 Å². The first-order valence-electron chi connectivity index (χ1n) is 11.2. The Morgan fingerprint density at radius 2 is 1.67 bits per heavy atom. The van der Waals surface area contributed by atoms with Crippen LogP contribution in [0, 0.1) is 0 Å². The molecular formula is C24H33F2N7. The Morgan fingerprint density at radius 3 is 2.24 bits per heavy atom. The van der Waals surface area contributed by atoms with Gasteiger partial charge in [0.25, 0.3) is 5.92 Å². The summed E-state index contributed by atoms with van der Waals surface area (Å²) >= 11 is 0. The average Bonchev–Trinajstić information content (AvgIpc) is 3.15. The van der Waals surface area contributed by atoms with Crippen molar-refractivity contribution in [1.82, 2.24) is 20.0 Å². The van der Waals surface area contributed by atoms with E-state index in [2.05, 4.69) is 60.4 Å². The molecule has 1 saturated heterocycles. The third-order valence-electron chi connectivity index (χ3n) is 6.82. The number of halogens is 2. The fourth-order valence-electron chi connectivity index (χ4n) is 4.95. The molecule has 0 radical (unpaired) electrons. The van der Waals surface area contributed by atoms with Gasteiger partial charge in [-0.3, -0.25) is 19.8 Å². The third-order valence-corrected chi connectivity index (χ3v) is 6.82. The maximum absolute atomic E-state index is 16.9. The van der Waals surface area contributed by atoms with Gasteiger partial charge in [-0.05, 0) is 59.7 Å². The van der Waals surface area contributed by atoms with E-state index in [9.17, 15) is 0 Å². The van der Waals surface area contributed by atoms with Gasteiger partial charge in [0.1, 0.15) is 0 Å². The van der Waals surface area contributed by atoms with Crippen molar-refractivity contribution in [3.05, 3.63) is 54.8 Å². The molecule has 33 heavy (non-hydrogen) atoms. The van der Waals surface area contributed by atoms with Crippen LogP contribution in [0.2, 0.25) is 0 Å². The molecule has 7 nitrogen and oxygen atoms in total. The van der Waals surface area contributed by atoms with Gasteiger partial charge in [-0.15, -0.1) is 0 Å². The number of aliphatic imine (C=N–C) groups is 1. The molecule has 0 amide bonds. The van der Waals surface area contributed by atoms with Gasteiger partial charge in [0.2, 0.25) is 5.96 Å². The molecule has 9 heteroatoms. The van der Waals surface area contributed by atoms with Crippen LogP contribution in [-0.4, -0.2) is 50.7 Å². The lowest BCUT2D eigenvalue weighted by molar-refractivity contribution is -0.0322. The molecule has 1 aromatic heterocycles. The summed E-state index contributed by atoms with van der Waals surface area (Å²) in [5, 5.41) is 10.3. The molecule has 1 unspecified atom stereocenters. The van der Waals surface area contributed by atoms with Crippen molar-refractivity contribution >= 4 is 17.3 Å². The number of piperidine rings is 1. The number of hydrogen-bond donors (Lipinski definition) is 2. The van der Waals surface area contributed by atoms with Gasteiger partial charge in [0.05, 0.1) is 18.1 Å². The minimum absolute atomic E-state index is 0.164. The molecule has 0 spiro atoms. The molecule has 1 fully saturated rings. The van der Waals surface area contributed by atoms with Crippen molar-refractivity contribution in [3.8, 4) is 0 Å². The normalized spacial score (nSPS) is 25.5. The van der Waals surface area contributed by atoms with Gasteiger partial charge in [-0.2, -0.15) is 9.49 Å². The molecule has 2 aliphatic heterocycles. The lowest BCUT2D eigenvalue weighted by atomic mass is 9.77. The Kier molecular flexibility index (Phi) is 5.82. The second-order valence-electron chi connectivity index (χ2n) is 10.2. The first kappa shape index (κ1) is 23.4. The summed E-state index contributed by atoms with van der Waals surface area (Å²) in [4.78, 5) is 7.71. The van der Waals surface area contributed by atoms with Crippen molar-refractivity contribution in [1.29, 1.82) is 0 Å². The Hall–Kier alpha value is -2.78. The molecule has 2 aromatic rings. The van der Waals surface area contributed by atoms with E-state index < -0.39 is 11.7 Å². The summed E-state index contributed by atoms with van der Waals surface area (Å²) in [6.07, 6.45) is 5.39. The SMILES string of the molecule is CN1C(C)(C)CC(NC2(F)C(F)=CN=C(Nc3ccccc3)N2c2cnn(C)c2)CC1(C)C. The first-order chi connectivity index (χ1) is 15.4. The van der Waals surface area contributed by atoms with Crippen LogP contribution < -0.4 is 15.5 Å². The summed E-state index contributed by atoms with van der Waals surface area (Å²) in [6, 6.07) is 9.02. The second kappa shape index (κ2) is 8.22. The van der Waals surface area contributed by atoms with E-state index in [0.29, 0.717) is 24.2 Å². The average molecular weight is 458 g/mol. The predicted octanol–water partition coefficient (Wildman–Crippen LogP) is 4.38. The standard InChI is InChI=1S/C24H33F2N7/c1-22(2)12-18(13-23(3,4)32(22)6)30-24(26)20(25)15-27-21(29-17-10-8-7-9-11-17)33(24)19-14-28-31(5)16-19/h7-11,14-16,18,30H,12-13H2,1-6H3,(H,27,29). The van der Waals surface area contributed by atoms with Crippen LogP contribution in [-0.2, 0) is 7.05 Å². The maximum atomic E-state index is 16.9. The number of anilines is 2.